The summed E-state index contributed by atoms with van der Waals surface area (Å²) >= 11 is 0. The van der Waals surface area contributed by atoms with Crippen LogP contribution in [0.2, 0.25) is 0 Å². The molecule has 0 spiro atoms. The van der Waals surface area contributed by atoms with E-state index in [4.69, 9.17) is 4.42 Å². The number of para-hydroxylation sites is 1. The number of hydrogen-bond acceptors (Lipinski definition) is 4. The second-order valence-corrected chi connectivity index (χ2v) is 6.30. The van der Waals surface area contributed by atoms with E-state index < -0.39 is 0 Å². The molecule has 0 N–H and O–H groups in total. The Hall–Kier alpha value is -2.89. The van der Waals surface area contributed by atoms with Crippen molar-refractivity contribution in [3.63, 3.8) is 0 Å². The molecule has 4 rings (SSSR count). The van der Waals surface area contributed by atoms with Crippen molar-refractivity contribution in [3.05, 3.63) is 66.6 Å². The largest absolute Gasteiger partial charge is 0.472 e. The fourth-order valence-corrected chi connectivity index (χ4v) is 3.48. The van der Waals surface area contributed by atoms with E-state index in [2.05, 4.69) is 10.2 Å². The molecule has 1 amide bonds. The zero-order valence-electron chi connectivity index (χ0n) is 13.9. The first-order valence-electron chi connectivity index (χ1n) is 8.60. The molecule has 0 saturated carbocycles. The quantitative estimate of drug-likeness (QED) is 0.718. The molecule has 25 heavy (non-hydrogen) atoms. The molecule has 2 aromatic heterocycles. The van der Waals surface area contributed by atoms with Gasteiger partial charge in [0.15, 0.2) is 0 Å². The normalized spacial score (nSPS) is 17.1. The van der Waals surface area contributed by atoms with Gasteiger partial charge in [-0.1, -0.05) is 18.2 Å². The predicted molar refractivity (Wildman–Crippen MR) is 92.4 cm³/mol. The summed E-state index contributed by atoms with van der Waals surface area (Å²) in [6.07, 6.45) is 8.55. The number of likely N-dealkylation sites (tertiary alicyclic amines) is 1. The van der Waals surface area contributed by atoms with E-state index in [1.54, 1.807) is 18.7 Å². The summed E-state index contributed by atoms with van der Waals surface area (Å²) in [5, 5.41) is 8.33. The van der Waals surface area contributed by atoms with Gasteiger partial charge in [-0.2, -0.15) is 0 Å². The average molecular weight is 336 g/mol. The topological polar surface area (TPSA) is 64.2 Å². The molecule has 3 aromatic rings. The number of carbonyl (C=O) groups is 1. The number of aryl methyl sites for hydroxylation is 1. The fraction of sp³-hybridized carbons (Fsp3) is 0.316. The minimum absolute atomic E-state index is 0.0563. The second-order valence-electron chi connectivity index (χ2n) is 6.30. The lowest BCUT2D eigenvalue weighted by Crippen LogP contribution is -2.35. The Kier molecular flexibility index (Phi) is 4.33. The van der Waals surface area contributed by atoms with Crippen LogP contribution in [0.1, 0.15) is 35.4 Å². The Labute approximate surface area is 146 Å². The monoisotopic (exact) mass is 336 g/mol. The summed E-state index contributed by atoms with van der Waals surface area (Å²) in [5.41, 5.74) is 1.68. The maximum atomic E-state index is 12.6. The van der Waals surface area contributed by atoms with Crippen molar-refractivity contribution >= 4 is 5.91 Å². The lowest BCUT2D eigenvalue weighted by molar-refractivity contribution is 0.0729. The van der Waals surface area contributed by atoms with Gasteiger partial charge >= 0.3 is 0 Å². The van der Waals surface area contributed by atoms with Crippen LogP contribution in [0.4, 0.5) is 0 Å². The highest BCUT2D eigenvalue weighted by Crippen LogP contribution is 2.24. The number of aromatic nitrogens is 3. The minimum atomic E-state index is 0.0563. The van der Waals surface area contributed by atoms with Crippen LogP contribution >= 0.6 is 0 Å². The molecule has 128 valence electrons. The summed E-state index contributed by atoms with van der Waals surface area (Å²) in [4.78, 5) is 14.6. The second kappa shape index (κ2) is 6.93. The number of amides is 1. The standard InChI is InChI=1S/C19H20N4O2/c24-19(15-10-12-25-13-15)22-11-4-7-17(22)8-9-18-21-20-14-23(18)16-5-2-1-3-6-16/h1-3,5-6,10,12-14,17H,4,7-9,11H2. The first kappa shape index (κ1) is 15.6. The van der Waals surface area contributed by atoms with Crippen molar-refractivity contribution in [1.82, 2.24) is 19.7 Å². The maximum absolute atomic E-state index is 12.6. The van der Waals surface area contributed by atoms with E-state index in [-0.39, 0.29) is 11.9 Å². The van der Waals surface area contributed by atoms with Gasteiger partial charge < -0.3 is 9.32 Å². The number of rotatable bonds is 5. The highest BCUT2D eigenvalue weighted by Gasteiger charge is 2.29. The molecule has 0 radical (unpaired) electrons. The van der Waals surface area contributed by atoms with Crippen LogP contribution in [0, 0.1) is 0 Å². The summed E-state index contributed by atoms with van der Waals surface area (Å²) in [6, 6.07) is 12.0. The lowest BCUT2D eigenvalue weighted by Gasteiger charge is -2.24. The van der Waals surface area contributed by atoms with Gasteiger partial charge in [0.05, 0.1) is 11.8 Å². The Morgan fingerprint density at radius 2 is 2.12 bits per heavy atom. The molecular formula is C19H20N4O2. The van der Waals surface area contributed by atoms with Crippen LogP contribution in [-0.4, -0.2) is 38.2 Å². The van der Waals surface area contributed by atoms with Crippen LogP contribution in [0.3, 0.4) is 0 Å². The Morgan fingerprint density at radius 3 is 2.92 bits per heavy atom. The third kappa shape index (κ3) is 3.20. The van der Waals surface area contributed by atoms with Gasteiger partial charge in [0.1, 0.15) is 18.4 Å². The van der Waals surface area contributed by atoms with Gasteiger partial charge in [-0.25, -0.2) is 0 Å². The molecule has 6 heteroatoms. The highest BCUT2D eigenvalue weighted by atomic mass is 16.3. The molecule has 3 heterocycles. The Balaban J connectivity index is 1.45. The van der Waals surface area contributed by atoms with Crippen molar-refractivity contribution in [1.29, 1.82) is 0 Å². The van der Waals surface area contributed by atoms with E-state index in [0.717, 1.165) is 43.7 Å². The van der Waals surface area contributed by atoms with Gasteiger partial charge in [0.25, 0.3) is 5.91 Å². The van der Waals surface area contributed by atoms with Gasteiger partial charge in [-0.15, -0.1) is 10.2 Å². The number of carbonyl (C=O) groups excluding carboxylic acids is 1. The number of nitrogens with zero attached hydrogens (tertiary/aromatic N) is 4. The summed E-state index contributed by atoms with van der Waals surface area (Å²) in [7, 11) is 0. The summed E-state index contributed by atoms with van der Waals surface area (Å²) in [6.45, 7) is 0.806. The first-order chi connectivity index (χ1) is 12.3. The zero-order valence-corrected chi connectivity index (χ0v) is 13.9. The SMILES string of the molecule is O=C(c1ccoc1)N1CCCC1CCc1nncn1-c1ccccc1. The van der Waals surface area contributed by atoms with Gasteiger partial charge in [-0.3, -0.25) is 9.36 Å². The van der Waals surface area contributed by atoms with Crippen molar-refractivity contribution in [2.24, 2.45) is 0 Å². The van der Waals surface area contributed by atoms with Crippen molar-refractivity contribution in [3.8, 4) is 5.69 Å². The fourth-order valence-electron chi connectivity index (χ4n) is 3.48. The third-order valence-electron chi connectivity index (χ3n) is 4.76. The molecule has 1 aromatic carbocycles. The summed E-state index contributed by atoms with van der Waals surface area (Å²) in [5.74, 6) is 0.981. The van der Waals surface area contributed by atoms with E-state index >= 15 is 0 Å². The van der Waals surface area contributed by atoms with Crippen LogP contribution in [0.25, 0.3) is 5.69 Å². The van der Waals surface area contributed by atoms with Gasteiger partial charge in [0, 0.05) is 24.7 Å². The number of furan rings is 1. The number of hydrogen-bond donors (Lipinski definition) is 0. The third-order valence-corrected chi connectivity index (χ3v) is 4.76. The first-order valence-corrected chi connectivity index (χ1v) is 8.60. The van der Waals surface area contributed by atoms with Crippen molar-refractivity contribution < 1.29 is 9.21 Å². The molecule has 0 bridgehead atoms. The van der Waals surface area contributed by atoms with E-state index in [0.29, 0.717) is 5.56 Å². The molecule has 1 unspecified atom stereocenters. The molecule has 1 saturated heterocycles. The minimum Gasteiger partial charge on any atom is -0.472 e. The van der Waals surface area contributed by atoms with Crippen LogP contribution in [0.5, 0.6) is 0 Å². The number of benzene rings is 1. The Morgan fingerprint density at radius 1 is 1.24 bits per heavy atom. The molecule has 6 nitrogen and oxygen atoms in total. The van der Waals surface area contributed by atoms with Crippen LogP contribution in [0.15, 0.2) is 59.7 Å². The van der Waals surface area contributed by atoms with Crippen molar-refractivity contribution in [2.45, 2.75) is 31.7 Å². The Bertz CT molecular complexity index is 826. The molecule has 1 atom stereocenters. The van der Waals surface area contributed by atoms with E-state index in [9.17, 15) is 4.79 Å². The maximum Gasteiger partial charge on any atom is 0.257 e. The molecule has 1 fully saturated rings. The smallest absolute Gasteiger partial charge is 0.257 e. The van der Waals surface area contributed by atoms with Gasteiger partial charge in [0.2, 0.25) is 0 Å². The van der Waals surface area contributed by atoms with Crippen LogP contribution in [-0.2, 0) is 6.42 Å². The summed E-state index contributed by atoms with van der Waals surface area (Å²) < 4.78 is 7.06. The van der Waals surface area contributed by atoms with Crippen LogP contribution < -0.4 is 0 Å². The van der Waals surface area contributed by atoms with E-state index in [1.165, 1.54) is 6.26 Å². The molecular weight excluding hydrogens is 316 g/mol. The van der Waals surface area contributed by atoms with Crippen molar-refractivity contribution in [2.75, 3.05) is 6.54 Å². The van der Waals surface area contributed by atoms with E-state index in [1.807, 2.05) is 39.8 Å². The molecule has 1 aliphatic heterocycles. The zero-order chi connectivity index (χ0) is 17.1. The predicted octanol–water partition coefficient (Wildman–Crippen LogP) is 3.10. The average Bonchev–Trinajstić information content (AvgIpc) is 3.41. The lowest BCUT2D eigenvalue weighted by atomic mass is 10.1. The molecule has 0 aliphatic carbocycles. The highest BCUT2D eigenvalue weighted by molar-refractivity contribution is 5.94. The molecule has 1 aliphatic rings. The van der Waals surface area contributed by atoms with Gasteiger partial charge in [-0.05, 0) is 37.5 Å².